The molecule has 3 N–H and O–H groups in total. The fourth-order valence-corrected chi connectivity index (χ4v) is 5.29. The van der Waals surface area contributed by atoms with Crippen LogP contribution in [-0.4, -0.2) is 78.4 Å². The van der Waals surface area contributed by atoms with Crippen LogP contribution >= 0.6 is 0 Å². The zero-order valence-corrected chi connectivity index (χ0v) is 21.0. The number of anilines is 1. The number of aromatic nitrogens is 1. The molecule has 3 heterocycles. The maximum Gasteiger partial charge on any atom is 0.240 e. The molecule has 0 radical (unpaired) electrons. The third-order valence-electron chi connectivity index (χ3n) is 7.15. The molecule has 2 aliphatic heterocycles. The van der Waals surface area contributed by atoms with Gasteiger partial charge in [0.1, 0.15) is 18.6 Å². The molecular formula is C28H33N5O4. The number of nitrogens with one attached hydrogen (secondary N) is 2. The monoisotopic (exact) mass is 503 g/mol. The first-order valence-corrected chi connectivity index (χ1v) is 12.8. The zero-order valence-electron chi connectivity index (χ0n) is 21.0. The van der Waals surface area contributed by atoms with E-state index in [1.165, 1.54) is 0 Å². The molecule has 3 aromatic rings. The van der Waals surface area contributed by atoms with E-state index in [0.29, 0.717) is 31.8 Å². The third kappa shape index (κ3) is 5.52. The van der Waals surface area contributed by atoms with Crippen molar-refractivity contribution in [2.24, 2.45) is 5.92 Å². The molecule has 5 rings (SSSR count). The number of nitrogens with zero attached hydrogens (tertiary/aromatic N) is 3. The summed E-state index contributed by atoms with van der Waals surface area (Å²) < 4.78 is 6.37. The summed E-state index contributed by atoms with van der Waals surface area (Å²) in [7, 11) is 0. The number of pyridine rings is 1. The van der Waals surface area contributed by atoms with Crippen molar-refractivity contribution < 1.29 is 19.4 Å². The lowest BCUT2D eigenvalue weighted by Crippen LogP contribution is -2.62. The smallest absolute Gasteiger partial charge is 0.240 e. The van der Waals surface area contributed by atoms with E-state index in [1.807, 2.05) is 60.4 Å². The average molecular weight is 504 g/mol. The van der Waals surface area contributed by atoms with Gasteiger partial charge in [-0.3, -0.25) is 14.6 Å². The van der Waals surface area contributed by atoms with Gasteiger partial charge in [-0.25, -0.2) is 0 Å². The Kier molecular flexibility index (Phi) is 7.52. The number of para-hydroxylation sites is 2. The number of carbonyl (C=O) groups is 2. The molecule has 2 aromatic carbocycles. The number of amides is 2. The minimum Gasteiger partial charge on any atom is -0.488 e. The summed E-state index contributed by atoms with van der Waals surface area (Å²) in [6.07, 6.45) is 0.0354. The summed E-state index contributed by atoms with van der Waals surface area (Å²) in [6.45, 7) is 4.50. The second-order valence-electron chi connectivity index (χ2n) is 9.59. The molecule has 0 aliphatic carbocycles. The van der Waals surface area contributed by atoms with Crippen LogP contribution in [0.5, 0.6) is 5.75 Å². The van der Waals surface area contributed by atoms with Gasteiger partial charge in [-0.2, -0.15) is 0 Å². The maximum absolute atomic E-state index is 13.6. The number of rotatable bonds is 6. The predicted octanol–water partition coefficient (Wildman–Crippen LogP) is 1.68. The molecule has 2 amide bonds. The second-order valence-corrected chi connectivity index (χ2v) is 9.59. The van der Waals surface area contributed by atoms with Gasteiger partial charge in [0.2, 0.25) is 11.8 Å². The standard InChI is InChI=1S/C28H33N5O4/c1-19-15-25(22-9-5-6-10-24(22)31-19)37-21-16-23(27(35)30-18-34)26(29-17-21)28(36)33-13-11-32(12-14-33)20-7-3-2-4-8-20/h2-10,15,21,23,26,29,34H,11-14,16-18H2,1H3,(H,30,35)/t21-,23-,26-/m0/s1. The number of piperazine rings is 1. The molecule has 9 heteroatoms. The van der Waals surface area contributed by atoms with Crippen LogP contribution in [0.1, 0.15) is 12.1 Å². The van der Waals surface area contributed by atoms with Crippen LogP contribution in [0.15, 0.2) is 60.7 Å². The molecule has 1 aromatic heterocycles. The number of aryl methyl sites for hydroxylation is 1. The van der Waals surface area contributed by atoms with Gasteiger partial charge in [-0.05, 0) is 37.6 Å². The number of aliphatic hydroxyl groups is 1. The van der Waals surface area contributed by atoms with Crippen molar-refractivity contribution in [1.82, 2.24) is 20.5 Å². The SMILES string of the molecule is Cc1cc(O[C@@H]2CN[C@H](C(=O)N3CCN(c4ccccc4)CC3)[C@@H](C(=O)NCO)C2)c2ccccc2n1. The number of ether oxygens (including phenoxy) is 1. The molecule has 2 fully saturated rings. The molecule has 37 heavy (non-hydrogen) atoms. The van der Waals surface area contributed by atoms with Crippen LogP contribution in [0.3, 0.4) is 0 Å². The Morgan fingerprint density at radius 1 is 1.08 bits per heavy atom. The lowest BCUT2D eigenvalue weighted by Gasteiger charge is -2.41. The first-order valence-electron chi connectivity index (χ1n) is 12.8. The molecule has 0 saturated carbocycles. The van der Waals surface area contributed by atoms with Crippen molar-refractivity contribution in [3.63, 3.8) is 0 Å². The van der Waals surface area contributed by atoms with E-state index in [4.69, 9.17) is 4.74 Å². The highest BCUT2D eigenvalue weighted by Gasteiger charge is 2.42. The van der Waals surface area contributed by atoms with Gasteiger partial charge < -0.3 is 30.3 Å². The molecule has 0 spiro atoms. The fraction of sp³-hybridized carbons (Fsp3) is 0.393. The van der Waals surface area contributed by atoms with E-state index in [1.54, 1.807) is 0 Å². The summed E-state index contributed by atoms with van der Waals surface area (Å²) >= 11 is 0. The highest BCUT2D eigenvalue weighted by atomic mass is 16.5. The minimum atomic E-state index is -0.675. The largest absolute Gasteiger partial charge is 0.488 e. The number of benzene rings is 2. The van der Waals surface area contributed by atoms with E-state index in [-0.39, 0.29) is 17.9 Å². The summed E-state index contributed by atoms with van der Waals surface area (Å²) in [4.78, 5) is 35.2. The Morgan fingerprint density at radius 2 is 1.81 bits per heavy atom. The van der Waals surface area contributed by atoms with Gasteiger partial charge in [0.15, 0.2) is 0 Å². The number of hydrogen-bond acceptors (Lipinski definition) is 7. The summed E-state index contributed by atoms with van der Waals surface area (Å²) in [5, 5.41) is 16.0. The molecule has 194 valence electrons. The topological polar surface area (TPSA) is 107 Å². The number of aliphatic hydroxyl groups excluding tert-OH is 1. The normalized spacial score (nSPS) is 22.1. The number of carbonyl (C=O) groups excluding carboxylic acids is 2. The fourth-order valence-electron chi connectivity index (χ4n) is 5.29. The van der Waals surface area contributed by atoms with Gasteiger partial charge in [0.25, 0.3) is 0 Å². The van der Waals surface area contributed by atoms with Crippen molar-refractivity contribution in [2.45, 2.75) is 25.5 Å². The summed E-state index contributed by atoms with van der Waals surface area (Å²) in [6, 6.07) is 19.2. The first-order chi connectivity index (χ1) is 18.0. The van der Waals surface area contributed by atoms with E-state index < -0.39 is 18.7 Å². The van der Waals surface area contributed by atoms with Crippen LogP contribution in [0.25, 0.3) is 10.9 Å². The number of fused-ring (bicyclic) bond motifs is 1. The zero-order chi connectivity index (χ0) is 25.8. The summed E-state index contributed by atoms with van der Waals surface area (Å²) in [5.41, 5.74) is 2.83. The predicted molar refractivity (Wildman–Crippen MR) is 141 cm³/mol. The maximum atomic E-state index is 13.6. The Balaban J connectivity index is 1.28. The van der Waals surface area contributed by atoms with Gasteiger partial charge in [0, 0.05) is 55.6 Å². The molecule has 0 bridgehead atoms. The lowest BCUT2D eigenvalue weighted by molar-refractivity contribution is -0.142. The second kappa shape index (κ2) is 11.1. The van der Waals surface area contributed by atoms with Crippen molar-refractivity contribution in [2.75, 3.05) is 44.4 Å². The molecule has 3 atom stereocenters. The highest BCUT2D eigenvalue weighted by Crippen LogP contribution is 2.29. The van der Waals surface area contributed by atoms with E-state index in [0.717, 1.165) is 35.4 Å². The van der Waals surface area contributed by atoms with Crippen LogP contribution in [0.2, 0.25) is 0 Å². The summed E-state index contributed by atoms with van der Waals surface area (Å²) in [5.74, 6) is -0.410. The van der Waals surface area contributed by atoms with Gasteiger partial charge in [0.05, 0.1) is 17.5 Å². The quantitative estimate of drug-likeness (QED) is 0.440. The van der Waals surface area contributed by atoms with E-state index in [2.05, 4.69) is 32.7 Å². The van der Waals surface area contributed by atoms with Gasteiger partial charge in [-0.1, -0.05) is 30.3 Å². The number of hydrogen-bond donors (Lipinski definition) is 3. The lowest BCUT2D eigenvalue weighted by atomic mass is 9.87. The van der Waals surface area contributed by atoms with Crippen molar-refractivity contribution >= 4 is 28.4 Å². The van der Waals surface area contributed by atoms with Crippen molar-refractivity contribution in [1.29, 1.82) is 0 Å². The third-order valence-corrected chi connectivity index (χ3v) is 7.15. The Labute approximate surface area is 216 Å². The Morgan fingerprint density at radius 3 is 2.57 bits per heavy atom. The first kappa shape index (κ1) is 25.0. The number of piperidine rings is 1. The van der Waals surface area contributed by atoms with Crippen LogP contribution < -0.4 is 20.3 Å². The molecule has 2 saturated heterocycles. The Hall–Kier alpha value is -3.69. The molecular weight excluding hydrogens is 470 g/mol. The average Bonchev–Trinajstić information content (AvgIpc) is 2.93. The molecule has 9 nitrogen and oxygen atoms in total. The van der Waals surface area contributed by atoms with Crippen molar-refractivity contribution in [3.8, 4) is 5.75 Å². The minimum absolute atomic E-state index is 0.0885. The highest BCUT2D eigenvalue weighted by molar-refractivity contribution is 5.90. The van der Waals surface area contributed by atoms with E-state index >= 15 is 0 Å². The Bertz CT molecular complexity index is 1250. The van der Waals surface area contributed by atoms with Crippen LogP contribution in [0.4, 0.5) is 5.69 Å². The van der Waals surface area contributed by atoms with Gasteiger partial charge in [-0.15, -0.1) is 0 Å². The van der Waals surface area contributed by atoms with Gasteiger partial charge >= 0.3 is 0 Å². The van der Waals surface area contributed by atoms with Crippen LogP contribution in [0, 0.1) is 12.8 Å². The molecule has 0 unspecified atom stereocenters. The molecule has 2 aliphatic rings. The van der Waals surface area contributed by atoms with Crippen LogP contribution in [-0.2, 0) is 9.59 Å². The van der Waals surface area contributed by atoms with E-state index in [9.17, 15) is 14.7 Å². The van der Waals surface area contributed by atoms with Crippen molar-refractivity contribution in [3.05, 3.63) is 66.4 Å².